The molecule has 25 heavy (non-hydrogen) atoms. The summed E-state index contributed by atoms with van der Waals surface area (Å²) < 4.78 is 14.9. The van der Waals surface area contributed by atoms with Gasteiger partial charge in [-0.25, -0.2) is 14.6 Å². The van der Waals surface area contributed by atoms with Gasteiger partial charge in [0.05, 0.1) is 20.3 Å². The van der Waals surface area contributed by atoms with Crippen molar-refractivity contribution in [3.8, 4) is 0 Å². The number of nitrogens with one attached hydrogen (secondary N) is 1. The van der Waals surface area contributed by atoms with Crippen LogP contribution in [0.4, 0.5) is 10.5 Å². The Kier molecular flexibility index (Phi) is 6.53. The van der Waals surface area contributed by atoms with E-state index in [0.717, 1.165) is 11.3 Å². The molecule has 1 heterocycles. The van der Waals surface area contributed by atoms with Crippen LogP contribution < -0.4 is 5.32 Å². The normalized spacial score (nSPS) is 10.4. The van der Waals surface area contributed by atoms with Crippen LogP contribution in [0.15, 0.2) is 34.9 Å². The van der Waals surface area contributed by atoms with Crippen LogP contribution in [0.1, 0.15) is 21.9 Å². The number of amides is 2. The number of carbonyl (C=O) groups excluding carboxylic acids is 2. The van der Waals surface area contributed by atoms with E-state index < -0.39 is 5.97 Å². The molecule has 0 fully saturated rings. The zero-order valence-corrected chi connectivity index (χ0v) is 14.4. The average molecular weight is 347 g/mol. The van der Waals surface area contributed by atoms with Crippen LogP contribution in [0.5, 0.6) is 0 Å². The zero-order valence-electron chi connectivity index (χ0n) is 14.4. The molecule has 0 aliphatic carbocycles. The minimum Gasteiger partial charge on any atom is -0.464 e. The van der Waals surface area contributed by atoms with Gasteiger partial charge in [0.1, 0.15) is 6.26 Å². The van der Waals surface area contributed by atoms with E-state index in [1.165, 1.54) is 18.3 Å². The molecule has 2 amide bonds. The average Bonchev–Trinajstić information content (AvgIpc) is 3.08. The Labute approximate surface area is 145 Å². The molecule has 1 aromatic heterocycles. The van der Waals surface area contributed by atoms with Crippen molar-refractivity contribution >= 4 is 17.7 Å². The number of para-hydroxylation sites is 1. The summed E-state index contributed by atoms with van der Waals surface area (Å²) in [5.74, 6) is -0.362. The molecule has 8 heteroatoms. The highest BCUT2D eigenvalue weighted by Crippen LogP contribution is 2.15. The van der Waals surface area contributed by atoms with Crippen LogP contribution in [-0.4, -0.2) is 49.3 Å². The van der Waals surface area contributed by atoms with Gasteiger partial charge >= 0.3 is 12.0 Å². The Hall–Kier alpha value is -2.87. The maximum atomic E-state index is 12.6. The monoisotopic (exact) mass is 347 g/mol. The number of methoxy groups -OCH3 is 2. The molecular weight excluding hydrogens is 326 g/mol. The number of aromatic nitrogens is 1. The van der Waals surface area contributed by atoms with E-state index in [4.69, 9.17) is 9.15 Å². The number of aryl methyl sites for hydroxylation is 1. The van der Waals surface area contributed by atoms with Crippen molar-refractivity contribution in [1.29, 1.82) is 0 Å². The first-order valence-corrected chi connectivity index (χ1v) is 7.68. The van der Waals surface area contributed by atoms with Gasteiger partial charge in [-0.1, -0.05) is 18.2 Å². The van der Waals surface area contributed by atoms with Crippen LogP contribution in [0.2, 0.25) is 0 Å². The lowest BCUT2D eigenvalue weighted by atomic mass is 10.2. The van der Waals surface area contributed by atoms with Gasteiger partial charge in [-0.15, -0.1) is 0 Å². The van der Waals surface area contributed by atoms with E-state index >= 15 is 0 Å². The van der Waals surface area contributed by atoms with Crippen LogP contribution in [-0.2, 0) is 16.0 Å². The number of esters is 1. The second kappa shape index (κ2) is 8.84. The molecule has 0 atom stereocenters. The van der Waals surface area contributed by atoms with Gasteiger partial charge < -0.3 is 24.1 Å². The fourth-order valence-electron chi connectivity index (χ4n) is 2.11. The number of benzene rings is 1. The minimum absolute atomic E-state index is 0.0588. The summed E-state index contributed by atoms with van der Waals surface area (Å²) in [7, 11) is 2.81. The molecule has 0 bridgehead atoms. The van der Waals surface area contributed by atoms with Crippen LogP contribution in [0.3, 0.4) is 0 Å². The summed E-state index contributed by atoms with van der Waals surface area (Å²) in [6.45, 7) is 2.69. The molecule has 0 unspecified atom stereocenters. The van der Waals surface area contributed by atoms with Gasteiger partial charge in [-0.05, 0) is 18.6 Å². The molecule has 0 spiro atoms. The molecule has 1 aromatic carbocycles. The Morgan fingerprint density at radius 1 is 1.28 bits per heavy atom. The molecule has 134 valence electrons. The summed E-state index contributed by atoms with van der Waals surface area (Å²) in [5, 5.41) is 2.85. The molecule has 2 rings (SSSR count). The highest BCUT2D eigenvalue weighted by Gasteiger charge is 2.19. The molecule has 0 radical (unpaired) electrons. The van der Waals surface area contributed by atoms with E-state index in [1.54, 1.807) is 7.11 Å². The number of oxazole rings is 1. The first-order valence-electron chi connectivity index (χ1n) is 7.68. The molecule has 0 saturated heterocycles. The third-order valence-electron chi connectivity index (χ3n) is 3.51. The maximum Gasteiger partial charge on any atom is 0.360 e. The van der Waals surface area contributed by atoms with Gasteiger partial charge in [0.2, 0.25) is 5.89 Å². The number of carbonyl (C=O) groups is 2. The molecule has 2 aromatic rings. The highest BCUT2D eigenvalue weighted by molar-refractivity contribution is 5.90. The van der Waals surface area contributed by atoms with Crippen molar-refractivity contribution in [2.75, 3.05) is 32.7 Å². The number of urea groups is 1. The van der Waals surface area contributed by atoms with E-state index in [0.29, 0.717) is 13.2 Å². The van der Waals surface area contributed by atoms with Crippen molar-refractivity contribution < 1.29 is 23.5 Å². The summed E-state index contributed by atoms with van der Waals surface area (Å²) in [5.41, 5.74) is 1.73. The number of ether oxygens (including phenoxy) is 2. The second-order valence-electron chi connectivity index (χ2n) is 5.28. The van der Waals surface area contributed by atoms with Crippen LogP contribution in [0.25, 0.3) is 0 Å². The van der Waals surface area contributed by atoms with Crippen molar-refractivity contribution in [2.45, 2.75) is 13.5 Å². The third kappa shape index (κ3) is 5.05. The van der Waals surface area contributed by atoms with Gasteiger partial charge in [0.15, 0.2) is 5.69 Å². The summed E-state index contributed by atoms with van der Waals surface area (Å²) in [4.78, 5) is 29.5. The van der Waals surface area contributed by atoms with Gasteiger partial charge in [0, 0.05) is 19.3 Å². The quantitative estimate of drug-likeness (QED) is 0.773. The Morgan fingerprint density at radius 2 is 2.04 bits per heavy atom. The van der Waals surface area contributed by atoms with E-state index in [-0.39, 0.29) is 24.2 Å². The Balaban J connectivity index is 2.09. The predicted octanol–water partition coefficient (Wildman–Crippen LogP) is 2.45. The predicted molar refractivity (Wildman–Crippen MR) is 90.3 cm³/mol. The Bertz CT molecular complexity index is 729. The number of nitrogens with zero attached hydrogens (tertiary/aromatic N) is 2. The summed E-state index contributed by atoms with van der Waals surface area (Å²) in [6, 6.07) is 7.16. The van der Waals surface area contributed by atoms with Gasteiger partial charge in [0.25, 0.3) is 0 Å². The van der Waals surface area contributed by atoms with E-state index in [1.807, 2.05) is 31.2 Å². The van der Waals surface area contributed by atoms with Crippen molar-refractivity contribution in [3.05, 3.63) is 47.7 Å². The standard InChI is InChI=1S/C17H21N3O5/c1-12-6-4-5-7-13(12)19-17(22)20(8-9-23-2)10-15-18-14(11-25-15)16(21)24-3/h4-7,11H,8-10H2,1-3H3,(H,19,22). The fraction of sp³-hybridized carbons (Fsp3) is 0.353. The SMILES string of the molecule is COCCN(Cc1nc(C(=O)OC)co1)C(=O)Nc1ccccc1C. The van der Waals surface area contributed by atoms with Crippen LogP contribution in [0, 0.1) is 6.92 Å². The summed E-state index contributed by atoms with van der Waals surface area (Å²) in [6.07, 6.45) is 1.20. The van der Waals surface area contributed by atoms with Gasteiger partial charge in [-0.3, -0.25) is 0 Å². The first-order chi connectivity index (χ1) is 12.0. The highest BCUT2D eigenvalue weighted by atomic mass is 16.5. The smallest absolute Gasteiger partial charge is 0.360 e. The number of anilines is 1. The number of rotatable bonds is 7. The fourth-order valence-corrected chi connectivity index (χ4v) is 2.11. The molecule has 0 saturated carbocycles. The lowest BCUT2D eigenvalue weighted by Crippen LogP contribution is -2.37. The summed E-state index contributed by atoms with van der Waals surface area (Å²) >= 11 is 0. The van der Waals surface area contributed by atoms with E-state index in [9.17, 15) is 9.59 Å². The molecule has 0 aliphatic rings. The zero-order chi connectivity index (χ0) is 18.2. The number of hydrogen-bond donors (Lipinski definition) is 1. The molecule has 0 aliphatic heterocycles. The Morgan fingerprint density at radius 3 is 2.72 bits per heavy atom. The first kappa shape index (κ1) is 18.5. The maximum absolute atomic E-state index is 12.6. The number of hydrogen-bond acceptors (Lipinski definition) is 6. The molecule has 8 nitrogen and oxygen atoms in total. The largest absolute Gasteiger partial charge is 0.464 e. The van der Waals surface area contributed by atoms with Crippen molar-refractivity contribution in [3.63, 3.8) is 0 Å². The van der Waals surface area contributed by atoms with Crippen LogP contribution >= 0.6 is 0 Å². The molecule has 1 N–H and O–H groups in total. The van der Waals surface area contributed by atoms with E-state index in [2.05, 4.69) is 15.0 Å². The molecular formula is C17H21N3O5. The lowest BCUT2D eigenvalue weighted by molar-refractivity contribution is 0.0594. The minimum atomic E-state index is -0.595. The van der Waals surface area contributed by atoms with Crippen molar-refractivity contribution in [2.24, 2.45) is 0 Å². The topological polar surface area (TPSA) is 93.9 Å². The lowest BCUT2D eigenvalue weighted by Gasteiger charge is -2.21. The second-order valence-corrected chi connectivity index (χ2v) is 5.28. The third-order valence-corrected chi connectivity index (χ3v) is 3.51. The van der Waals surface area contributed by atoms with Crippen molar-refractivity contribution in [1.82, 2.24) is 9.88 Å². The van der Waals surface area contributed by atoms with Gasteiger partial charge in [-0.2, -0.15) is 0 Å².